The van der Waals surface area contributed by atoms with Gasteiger partial charge in [-0.05, 0) is 172 Å². The number of rotatable bonds is 2. The molecule has 0 aromatic heterocycles. The van der Waals surface area contributed by atoms with Gasteiger partial charge in [-0.1, -0.05) is 20.3 Å². The predicted octanol–water partition coefficient (Wildman–Crippen LogP) is 6.63. The fourth-order valence-corrected chi connectivity index (χ4v) is 6.97. The molecule has 4 saturated heterocycles. The molecule has 0 bridgehead atoms. The van der Waals surface area contributed by atoms with Crippen molar-refractivity contribution >= 4 is 0 Å². The average molecular weight is 652 g/mol. The number of hydrogen-bond acceptors (Lipinski definition) is 7. The molecule has 4 rings (SSSR count). The van der Waals surface area contributed by atoms with E-state index in [4.69, 9.17) is 17.2 Å². The molecule has 4 aliphatic heterocycles. The molecule has 0 aromatic rings. The standard InChI is InChI=1S/C11H23N.C10H22N2.2C9H20N2/c1-5-10-7-6-8-12(9-10)11(2,3)4;1-8-5-6-12(7-9(8)11)10(2,3)4;1-9(2,3)11-5-4-8(6-10)7-11;1-9(2,3)11-6-4-5-8(10)7-11/h10H,5-9H2,1-4H3;8-9H,5-7,11H2,1-4H3;2*8H,4-7,10H2,1-3H3/t10-;8-,9-;2*8-/m1011/s1. The Labute approximate surface area is 289 Å². The van der Waals surface area contributed by atoms with Gasteiger partial charge < -0.3 is 17.2 Å². The lowest BCUT2D eigenvalue weighted by Gasteiger charge is -2.43. The molecule has 4 aliphatic rings. The first-order valence-corrected chi connectivity index (χ1v) is 19.2. The zero-order valence-electron chi connectivity index (χ0n) is 33.7. The molecule has 276 valence electrons. The first kappa shape index (κ1) is 43.7. The zero-order valence-corrected chi connectivity index (χ0v) is 33.7. The quantitative estimate of drug-likeness (QED) is 0.309. The summed E-state index contributed by atoms with van der Waals surface area (Å²) < 4.78 is 0. The molecule has 6 N–H and O–H groups in total. The Morgan fingerprint density at radius 1 is 0.522 bits per heavy atom. The van der Waals surface area contributed by atoms with E-state index in [1.807, 2.05) is 0 Å². The van der Waals surface area contributed by atoms with E-state index in [2.05, 4.69) is 117 Å². The second-order valence-electron chi connectivity index (χ2n) is 19.1. The molecule has 0 saturated carbocycles. The van der Waals surface area contributed by atoms with Gasteiger partial charge in [0.1, 0.15) is 0 Å². The van der Waals surface area contributed by atoms with Gasteiger partial charge in [-0.15, -0.1) is 0 Å². The van der Waals surface area contributed by atoms with Crippen molar-refractivity contribution in [2.45, 2.75) is 176 Å². The van der Waals surface area contributed by atoms with E-state index in [9.17, 15) is 0 Å². The van der Waals surface area contributed by atoms with E-state index in [1.165, 1.54) is 84.2 Å². The van der Waals surface area contributed by atoms with Crippen molar-refractivity contribution in [3.8, 4) is 0 Å². The van der Waals surface area contributed by atoms with Crippen LogP contribution in [0.15, 0.2) is 0 Å². The first-order valence-electron chi connectivity index (χ1n) is 19.2. The summed E-state index contributed by atoms with van der Waals surface area (Å²) in [7, 11) is 0. The fourth-order valence-electron chi connectivity index (χ4n) is 6.97. The van der Waals surface area contributed by atoms with E-state index in [0.29, 0.717) is 34.6 Å². The van der Waals surface area contributed by atoms with Crippen molar-refractivity contribution in [1.82, 2.24) is 19.6 Å². The Bertz CT molecular complexity index is 787. The Kier molecular flexibility index (Phi) is 18.3. The van der Waals surface area contributed by atoms with Crippen LogP contribution in [0.5, 0.6) is 0 Å². The molecule has 4 heterocycles. The van der Waals surface area contributed by atoms with Crippen molar-refractivity contribution in [2.24, 2.45) is 35.0 Å². The van der Waals surface area contributed by atoms with Gasteiger partial charge in [-0.25, -0.2) is 0 Å². The van der Waals surface area contributed by atoms with Crippen LogP contribution in [0.1, 0.15) is 142 Å². The Morgan fingerprint density at radius 3 is 1.30 bits per heavy atom. The molecule has 5 atom stereocenters. The maximum absolute atomic E-state index is 6.02. The lowest BCUT2D eigenvalue weighted by molar-refractivity contribution is 0.0778. The maximum Gasteiger partial charge on any atom is 0.0194 e. The van der Waals surface area contributed by atoms with E-state index in [1.54, 1.807) is 0 Å². The third-order valence-corrected chi connectivity index (χ3v) is 11.0. The summed E-state index contributed by atoms with van der Waals surface area (Å²) in [5.74, 6) is 2.40. The van der Waals surface area contributed by atoms with Gasteiger partial charge in [0.05, 0.1) is 0 Å². The molecule has 0 spiro atoms. The molecule has 0 aromatic carbocycles. The van der Waals surface area contributed by atoms with Crippen LogP contribution < -0.4 is 17.2 Å². The molecule has 0 unspecified atom stereocenters. The van der Waals surface area contributed by atoms with Crippen LogP contribution in [0.25, 0.3) is 0 Å². The molecular formula is C39H85N7. The van der Waals surface area contributed by atoms with Crippen LogP contribution in [0.4, 0.5) is 0 Å². The zero-order chi connectivity index (χ0) is 35.5. The molecule has 7 heteroatoms. The molecule has 46 heavy (non-hydrogen) atoms. The van der Waals surface area contributed by atoms with E-state index < -0.39 is 0 Å². The fraction of sp³-hybridized carbons (Fsp3) is 1.00. The summed E-state index contributed by atoms with van der Waals surface area (Å²) in [5.41, 5.74) is 18.8. The normalized spacial score (nSPS) is 29.5. The number of hydrogen-bond donors (Lipinski definition) is 3. The van der Waals surface area contributed by atoms with Crippen LogP contribution in [0.2, 0.25) is 0 Å². The van der Waals surface area contributed by atoms with Crippen LogP contribution in [0.3, 0.4) is 0 Å². The van der Waals surface area contributed by atoms with Crippen LogP contribution in [-0.4, -0.2) is 113 Å². The van der Waals surface area contributed by atoms with Gasteiger partial charge in [0.15, 0.2) is 0 Å². The molecule has 7 nitrogen and oxygen atoms in total. The number of likely N-dealkylation sites (tertiary alicyclic amines) is 4. The van der Waals surface area contributed by atoms with Gasteiger partial charge in [-0.2, -0.15) is 0 Å². The third-order valence-electron chi connectivity index (χ3n) is 11.0. The summed E-state index contributed by atoms with van der Waals surface area (Å²) in [5, 5.41) is 0. The Morgan fingerprint density at radius 2 is 0.935 bits per heavy atom. The highest BCUT2D eigenvalue weighted by atomic mass is 15.2. The van der Waals surface area contributed by atoms with Gasteiger partial charge >= 0.3 is 0 Å². The maximum atomic E-state index is 6.02. The monoisotopic (exact) mass is 652 g/mol. The second kappa shape index (κ2) is 19.2. The van der Waals surface area contributed by atoms with Gasteiger partial charge in [0, 0.05) is 60.4 Å². The first-order chi connectivity index (χ1) is 21.0. The summed E-state index contributed by atoms with van der Waals surface area (Å²) in [4.78, 5) is 10.1. The average Bonchev–Trinajstić information content (AvgIpc) is 3.45. The van der Waals surface area contributed by atoms with Crippen LogP contribution >= 0.6 is 0 Å². The van der Waals surface area contributed by atoms with Crippen molar-refractivity contribution < 1.29 is 0 Å². The topological polar surface area (TPSA) is 91.0 Å². The minimum Gasteiger partial charge on any atom is -0.330 e. The summed E-state index contributed by atoms with van der Waals surface area (Å²) in [6.07, 6.45) is 9.20. The van der Waals surface area contributed by atoms with Gasteiger partial charge in [0.2, 0.25) is 0 Å². The highest BCUT2D eigenvalue weighted by Gasteiger charge is 2.31. The third kappa shape index (κ3) is 16.4. The second-order valence-corrected chi connectivity index (χ2v) is 19.1. The summed E-state index contributed by atoms with van der Waals surface area (Å²) in [6, 6.07) is 0.779. The molecule has 0 amide bonds. The highest BCUT2D eigenvalue weighted by Crippen LogP contribution is 2.26. The van der Waals surface area contributed by atoms with Crippen molar-refractivity contribution in [2.75, 3.05) is 58.9 Å². The van der Waals surface area contributed by atoms with Gasteiger partial charge in [0.25, 0.3) is 0 Å². The summed E-state index contributed by atoms with van der Waals surface area (Å²) >= 11 is 0. The highest BCUT2D eigenvalue weighted by molar-refractivity contribution is 4.88. The van der Waals surface area contributed by atoms with Crippen molar-refractivity contribution in [3.05, 3.63) is 0 Å². The summed E-state index contributed by atoms with van der Waals surface area (Å²) in [6.45, 7) is 42.4. The Hall–Kier alpha value is -0.280. The predicted molar refractivity (Wildman–Crippen MR) is 204 cm³/mol. The minimum absolute atomic E-state index is 0.289. The molecule has 0 aliphatic carbocycles. The molecule has 0 radical (unpaired) electrons. The van der Waals surface area contributed by atoms with Crippen LogP contribution in [0, 0.1) is 17.8 Å². The number of nitrogens with zero attached hydrogens (tertiary/aromatic N) is 4. The van der Waals surface area contributed by atoms with Crippen molar-refractivity contribution in [1.29, 1.82) is 0 Å². The molecular weight excluding hydrogens is 566 g/mol. The minimum atomic E-state index is 0.289. The van der Waals surface area contributed by atoms with E-state index in [-0.39, 0.29) is 5.54 Å². The van der Waals surface area contributed by atoms with Gasteiger partial charge in [-0.3, -0.25) is 19.6 Å². The number of piperidine rings is 3. The smallest absolute Gasteiger partial charge is 0.0194 e. The van der Waals surface area contributed by atoms with E-state index in [0.717, 1.165) is 31.5 Å². The Balaban J connectivity index is 0.000000307. The molecule has 4 fully saturated rings. The lowest BCUT2D eigenvalue weighted by atomic mass is 9.91. The van der Waals surface area contributed by atoms with Crippen LogP contribution in [-0.2, 0) is 0 Å². The van der Waals surface area contributed by atoms with Crippen molar-refractivity contribution in [3.63, 3.8) is 0 Å². The largest absolute Gasteiger partial charge is 0.330 e. The number of nitrogens with two attached hydrogens (primary N) is 3. The lowest BCUT2D eigenvalue weighted by Crippen LogP contribution is -2.54. The SMILES string of the molecule is CC(C)(C)N1CCC[C@@H](N)C1.CC(C)(C)N1CC[C@H](CN)C1.CC[C@@H]1CCCN(C(C)(C)C)C1.C[C@H]1CCN(C(C)(C)C)C[C@@H]1N. The van der Waals surface area contributed by atoms with E-state index >= 15 is 0 Å².